The summed E-state index contributed by atoms with van der Waals surface area (Å²) in [5, 5.41) is 3.57. The Morgan fingerprint density at radius 3 is 2.28 bits per heavy atom. The number of rotatable bonds is 6. The average molecular weight is 247 g/mol. The Morgan fingerprint density at radius 2 is 1.67 bits per heavy atom. The first kappa shape index (κ1) is 15.2. The van der Waals surface area contributed by atoms with Gasteiger partial charge in [0.1, 0.15) is 0 Å². The Hall–Kier alpha value is -0.820. The van der Waals surface area contributed by atoms with Crippen molar-refractivity contribution in [3.8, 4) is 0 Å². The highest BCUT2D eigenvalue weighted by atomic mass is 14.9. The standard InChI is InChI=1S/C17H29N/c1-12(2)10-18-11-14(4)16(6)17-9-7-8-13(3)15(17)5/h7-9,12,14,16,18H,10-11H2,1-6H3. The van der Waals surface area contributed by atoms with Gasteiger partial charge in [0.2, 0.25) is 0 Å². The SMILES string of the molecule is Cc1cccc(C(C)C(C)CNCC(C)C)c1C. The Balaban J connectivity index is 2.62. The molecule has 102 valence electrons. The summed E-state index contributed by atoms with van der Waals surface area (Å²) in [6, 6.07) is 6.67. The van der Waals surface area contributed by atoms with Crippen molar-refractivity contribution in [1.82, 2.24) is 5.32 Å². The van der Waals surface area contributed by atoms with Gasteiger partial charge in [0.15, 0.2) is 0 Å². The second-order valence-corrected chi connectivity index (χ2v) is 6.11. The third-order valence-electron chi connectivity index (χ3n) is 4.01. The minimum absolute atomic E-state index is 0.615. The molecule has 0 aliphatic carbocycles. The fourth-order valence-electron chi connectivity index (χ4n) is 2.35. The maximum atomic E-state index is 3.57. The predicted molar refractivity (Wildman–Crippen MR) is 81.2 cm³/mol. The zero-order chi connectivity index (χ0) is 13.7. The van der Waals surface area contributed by atoms with Crippen LogP contribution in [0.15, 0.2) is 18.2 Å². The lowest BCUT2D eigenvalue weighted by Gasteiger charge is -2.23. The van der Waals surface area contributed by atoms with Gasteiger partial charge in [-0.15, -0.1) is 0 Å². The molecule has 0 fully saturated rings. The van der Waals surface area contributed by atoms with Gasteiger partial charge in [-0.3, -0.25) is 0 Å². The van der Waals surface area contributed by atoms with Crippen LogP contribution in [0.3, 0.4) is 0 Å². The molecule has 18 heavy (non-hydrogen) atoms. The van der Waals surface area contributed by atoms with Crippen molar-refractivity contribution in [2.75, 3.05) is 13.1 Å². The molecule has 0 spiro atoms. The van der Waals surface area contributed by atoms with Crippen LogP contribution >= 0.6 is 0 Å². The van der Waals surface area contributed by atoms with E-state index < -0.39 is 0 Å². The summed E-state index contributed by atoms with van der Waals surface area (Å²) in [5.41, 5.74) is 4.37. The van der Waals surface area contributed by atoms with E-state index in [-0.39, 0.29) is 0 Å². The van der Waals surface area contributed by atoms with Crippen LogP contribution in [0.2, 0.25) is 0 Å². The Labute approximate surface area is 113 Å². The highest BCUT2D eigenvalue weighted by Gasteiger charge is 2.16. The minimum atomic E-state index is 0.615. The predicted octanol–water partition coefficient (Wildman–Crippen LogP) is 4.29. The van der Waals surface area contributed by atoms with E-state index >= 15 is 0 Å². The smallest absolute Gasteiger partial charge is 0.00173 e. The van der Waals surface area contributed by atoms with Crippen molar-refractivity contribution in [3.05, 3.63) is 34.9 Å². The van der Waals surface area contributed by atoms with Crippen LogP contribution in [0.25, 0.3) is 0 Å². The molecule has 0 bridgehead atoms. The molecule has 1 rings (SSSR count). The molecule has 0 aliphatic heterocycles. The highest BCUT2D eigenvalue weighted by Crippen LogP contribution is 2.27. The van der Waals surface area contributed by atoms with Gasteiger partial charge < -0.3 is 5.32 Å². The van der Waals surface area contributed by atoms with E-state index in [1.807, 2.05) is 0 Å². The van der Waals surface area contributed by atoms with Gasteiger partial charge in [0.25, 0.3) is 0 Å². The number of aryl methyl sites for hydroxylation is 1. The Bertz CT molecular complexity index is 368. The van der Waals surface area contributed by atoms with Crippen molar-refractivity contribution in [2.24, 2.45) is 11.8 Å². The topological polar surface area (TPSA) is 12.0 Å². The summed E-state index contributed by atoms with van der Waals surface area (Å²) in [6.07, 6.45) is 0. The molecule has 1 N–H and O–H groups in total. The monoisotopic (exact) mass is 247 g/mol. The third-order valence-corrected chi connectivity index (χ3v) is 4.01. The number of hydrogen-bond acceptors (Lipinski definition) is 1. The first-order valence-electron chi connectivity index (χ1n) is 7.20. The maximum Gasteiger partial charge on any atom is -0.00173 e. The lowest BCUT2D eigenvalue weighted by Crippen LogP contribution is -2.27. The molecule has 2 unspecified atom stereocenters. The highest BCUT2D eigenvalue weighted by molar-refractivity contribution is 5.35. The fraction of sp³-hybridized carbons (Fsp3) is 0.647. The normalized spacial score (nSPS) is 14.8. The lowest BCUT2D eigenvalue weighted by molar-refractivity contribution is 0.427. The first-order chi connectivity index (χ1) is 8.43. The van der Waals surface area contributed by atoms with Crippen LogP contribution in [0.4, 0.5) is 0 Å². The van der Waals surface area contributed by atoms with Crippen molar-refractivity contribution >= 4 is 0 Å². The van der Waals surface area contributed by atoms with Crippen LogP contribution < -0.4 is 5.32 Å². The fourth-order valence-corrected chi connectivity index (χ4v) is 2.35. The molecule has 2 atom stereocenters. The van der Waals surface area contributed by atoms with E-state index in [4.69, 9.17) is 0 Å². The zero-order valence-electron chi connectivity index (χ0n) is 12.9. The second kappa shape index (κ2) is 6.94. The lowest BCUT2D eigenvalue weighted by atomic mass is 9.85. The first-order valence-corrected chi connectivity index (χ1v) is 7.20. The van der Waals surface area contributed by atoms with Gasteiger partial charge in [-0.1, -0.05) is 45.9 Å². The van der Waals surface area contributed by atoms with Gasteiger partial charge in [-0.25, -0.2) is 0 Å². The summed E-state index contributed by atoms with van der Waals surface area (Å²) in [4.78, 5) is 0. The molecule has 0 amide bonds. The van der Waals surface area contributed by atoms with Gasteiger partial charge in [0, 0.05) is 0 Å². The molecule has 0 heterocycles. The van der Waals surface area contributed by atoms with Gasteiger partial charge >= 0.3 is 0 Å². The third kappa shape index (κ3) is 4.13. The Kier molecular flexibility index (Phi) is 5.87. The summed E-state index contributed by atoms with van der Waals surface area (Å²) < 4.78 is 0. The zero-order valence-corrected chi connectivity index (χ0v) is 12.9. The molecular weight excluding hydrogens is 218 g/mol. The molecule has 1 aromatic rings. The van der Waals surface area contributed by atoms with Gasteiger partial charge in [-0.05, 0) is 61.4 Å². The van der Waals surface area contributed by atoms with Gasteiger partial charge in [0.05, 0.1) is 0 Å². The van der Waals surface area contributed by atoms with E-state index in [2.05, 4.69) is 65.1 Å². The quantitative estimate of drug-likeness (QED) is 0.791. The summed E-state index contributed by atoms with van der Waals surface area (Å²) in [6.45, 7) is 15.9. The van der Waals surface area contributed by atoms with Crippen molar-refractivity contribution in [2.45, 2.75) is 47.5 Å². The largest absolute Gasteiger partial charge is 0.316 e. The average Bonchev–Trinajstić information content (AvgIpc) is 2.31. The summed E-state index contributed by atoms with van der Waals surface area (Å²) in [5.74, 6) is 2.02. The second-order valence-electron chi connectivity index (χ2n) is 6.11. The van der Waals surface area contributed by atoms with Gasteiger partial charge in [-0.2, -0.15) is 0 Å². The van der Waals surface area contributed by atoms with Crippen LogP contribution in [0.5, 0.6) is 0 Å². The maximum absolute atomic E-state index is 3.57. The van der Waals surface area contributed by atoms with Crippen molar-refractivity contribution < 1.29 is 0 Å². The van der Waals surface area contributed by atoms with Crippen LogP contribution in [0, 0.1) is 25.7 Å². The van der Waals surface area contributed by atoms with E-state index in [9.17, 15) is 0 Å². The molecule has 1 nitrogen and oxygen atoms in total. The number of hydrogen-bond donors (Lipinski definition) is 1. The minimum Gasteiger partial charge on any atom is -0.316 e. The van der Waals surface area contributed by atoms with Crippen LogP contribution in [-0.4, -0.2) is 13.1 Å². The molecular formula is C17H29N. The van der Waals surface area contributed by atoms with E-state index in [0.717, 1.165) is 19.0 Å². The van der Waals surface area contributed by atoms with E-state index in [1.165, 1.54) is 16.7 Å². The van der Waals surface area contributed by atoms with Crippen molar-refractivity contribution in [3.63, 3.8) is 0 Å². The molecule has 1 aromatic carbocycles. The Morgan fingerprint density at radius 1 is 1.00 bits per heavy atom. The molecule has 0 saturated carbocycles. The number of nitrogens with one attached hydrogen (secondary N) is 1. The molecule has 0 aliphatic rings. The van der Waals surface area contributed by atoms with Crippen molar-refractivity contribution in [1.29, 1.82) is 0 Å². The molecule has 0 radical (unpaired) electrons. The number of benzene rings is 1. The van der Waals surface area contributed by atoms with Crippen LogP contribution in [0.1, 0.15) is 50.3 Å². The summed E-state index contributed by atoms with van der Waals surface area (Å²) in [7, 11) is 0. The molecule has 1 heteroatoms. The van der Waals surface area contributed by atoms with E-state index in [0.29, 0.717) is 11.8 Å². The van der Waals surface area contributed by atoms with E-state index in [1.54, 1.807) is 0 Å². The molecule has 0 aromatic heterocycles. The van der Waals surface area contributed by atoms with Crippen LogP contribution in [-0.2, 0) is 0 Å². The molecule has 0 saturated heterocycles. The summed E-state index contributed by atoms with van der Waals surface area (Å²) >= 11 is 0.